The van der Waals surface area contributed by atoms with Crippen LogP contribution < -0.4 is 10.9 Å². The number of aromatic nitrogens is 4. The summed E-state index contributed by atoms with van der Waals surface area (Å²) in [6.07, 6.45) is 1.65. The molecule has 126 valence electrons. The Kier molecular flexibility index (Phi) is 4.16. The SMILES string of the molecule is O=C(CCn1cnc2sccc2c1=O)Nc1cc(-c2cccs2)[nH]n1. The number of fused-ring (bicyclic) bond motifs is 1. The number of hydrogen-bond acceptors (Lipinski definition) is 6. The summed E-state index contributed by atoms with van der Waals surface area (Å²) in [5, 5.41) is 14.1. The number of carbonyl (C=O) groups excluding carboxylic acids is 1. The molecular weight excluding hydrogens is 358 g/mol. The molecule has 25 heavy (non-hydrogen) atoms. The molecule has 0 radical (unpaired) electrons. The van der Waals surface area contributed by atoms with Gasteiger partial charge in [-0.3, -0.25) is 19.3 Å². The first-order valence-electron chi connectivity index (χ1n) is 7.52. The number of carbonyl (C=O) groups is 1. The van der Waals surface area contributed by atoms with Gasteiger partial charge in [0.15, 0.2) is 5.82 Å². The molecule has 0 saturated carbocycles. The molecule has 7 nitrogen and oxygen atoms in total. The molecule has 0 saturated heterocycles. The average Bonchev–Trinajstić information content (AvgIpc) is 3.35. The van der Waals surface area contributed by atoms with Gasteiger partial charge in [0.25, 0.3) is 5.56 Å². The van der Waals surface area contributed by atoms with Crippen molar-refractivity contribution in [3.8, 4) is 10.6 Å². The lowest BCUT2D eigenvalue weighted by atomic mass is 10.3. The van der Waals surface area contributed by atoms with Crippen molar-refractivity contribution in [1.82, 2.24) is 19.7 Å². The maximum Gasteiger partial charge on any atom is 0.262 e. The molecule has 4 heterocycles. The van der Waals surface area contributed by atoms with E-state index in [0.717, 1.165) is 10.6 Å². The standard InChI is InChI=1S/C16H13N5O2S2/c22-14(18-13-8-11(19-20-13)12-2-1-6-24-12)3-5-21-9-17-15-10(16(21)23)4-7-25-15/h1-2,4,6-9H,3,5H2,(H2,18,19,20,22). The molecule has 0 aliphatic heterocycles. The van der Waals surface area contributed by atoms with Crippen LogP contribution in [0.4, 0.5) is 5.82 Å². The van der Waals surface area contributed by atoms with Crippen LogP contribution in [0.2, 0.25) is 0 Å². The van der Waals surface area contributed by atoms with Crippen molar-refractivity contribution in [3.63, 3.8) is 0 Å². The Hall–Kier alpha value is -2.78. The van der Waals surface area contributed by atoms with Gasteiger partial charge in [-0.15, -0.1) is 22.7 Å². The molecule has 4 aromatic heterocycles. The van der Waals surface area contributed by atoms with E-state index in [-0.39, 0.29) is 24.4 Å². The Labute approximate surface area is 150 Å². The topological polar surface area (TPSA) is 92.7 Å². The number of rotatable bonds is 5. The highest BCUT2D eigenvalue weighted by Gasteiger charge is 2.10. The number of aromatic amines is 1. The van der Waals surface area contributed by atoms with Gasteiger partial charge in [-0.25, -0.2) is 4.98 Å². The molecule has 4 aromatic rings. The molecule has 9 heteroatoms. The van der Waals surface area contributed by atoms with E-state index in [1.54, 1.807) is 23.5 Å². The number of nitrogens with one attached hydrogen (secondary N) is 2. The predicted octanol–water partition coefficient (Wildman–Crippen LogP) is 2.94. The van der Waals surface area contributed by atoms with E-state index < -0.39 is 0 Å². The fourth-order valence-corrected chi connectivity index (χ4v) is 3.84. The zero-order chi connectivity index (χ0) is 17.2. The maximum absolute atomic E-state index is 12.3. The van der Waals surface area contributed by atoms with Crippen LogP contribution in [0.25, 0.3) is 20.8 Å². The second-order valence-electron chi connectivity index (χ2n) is 5.32. The van der Waals surface area contributed by atoms with Crippen molar-refractivity contribution in [2.24, 2.45) is 0 Å². The van der Waals surface area contributed by atoms with Gasteiger partial charge < -0.3 is 5.32 Å². The molecule has 0 atom stereocenters. The molecule has 0 aliphatic carbocycles. The lowest BCUT2D eigenvalue weighted by Crippen LogP contribution is -2.23. The molecule has 0 unspecified atom stereocenters. The molecule has 0 fully saturated rings. The number of nitrogens with zero attached hydrogens (tertiary/aromatic N) is 3. The normalized spacial score (nSPS) is 11.0. The molecule has 0 aromatic carbocycles. The first-order valence-corrected chi connectivity index (χ1v) is 9.28. The molecule has 0 spiro atoms. The summed E-state index contributed by atoms with van der Waals surface area (Å²) in [6, 6.07) is 7.47. The van der Waals surface area contributed by atoms with Gasteiger partial charge in [0.05, 0.1) is 22.3 Å². The third kappa shape index (κ3) is 3.24. The fraction of sp³-hybridized carbons (Fsp3) is 0.125. The Balaban J connectivity index is 1.40. The predicted molar refractivity (Wildman–Crippen MR) is 99.0 cm³/mol. The molecule has 2 N–H and O–H groups in total. The molecular formula is C16H13N5O2S2. The Bertz CT molecular complexity index is 1080. The smallest absolute Gasteiger partial charge is 0.262 e. The van der Waals surface area contributed by atoms with Crippen LogP contribution in [0.1, 0.15) is 6.42 Å². The zero-order valence-electron chi connectivity index (χ0n) is 12.9. The minimum atomic E-state index is -0.207. The van der Waals surface area contributed by atoms with Crippen LogP contribution >= 0.6 is 22.7 Å². The molecule has 0 bridgehead atoms. The number of amides is 1. The van der Waals surface area contributed by atoms with E-state index in [2.05, 4.69) is 20.5 Å². The van der Waals surface area contributed by atoms with Crippen molar-refractivity contribution in [2.45, 2.75) is 13.0 Å². The van der Waals surface area contributed by atoms with E-state index >= 15 is 0 Å². The highest BCUT2D eigenvalue weighted by molar-refractivity contribution is 7.16. The average molecular weight is 371 g/mol. The summed E-state index contributed by atoms with van der Waals surface area (Å²) in [5.74, 6) is 0.258. The minimum Gasteiger partial charge on any atom is -0.309 e. The van der Waals surface area contributed by atoms with Gasteiger partial charge >= 0.3 is 0 Å². The summed E-state index contributed by atoms with van der Waals surface area (Å²) < 4.78 is 1.45. The number of H-pyrrole nitrogens is 1. The second kappa shape index (κ2) is 6.61. The Morgan fingerprint density at radius 1 is 1.28 bits per heavy atom. The van der Waals surface area contributed by atoms with Crippen LogP contribution in [-0.4, -0.2) is 25.7 Å². The van der Waals surface area contributed by atoms with Crippen LogP contribution in [0, 0.1) is 0 Å². The van der Waals surface area contributed by atoms with E-state index in [1.807, 2.05) is 22.9 Å². The van der Waals surface area contributed by atoms with Crippen molar-refractivity contribution >= 4 is 44.6 Å². The van der Waals surface area contributed by atoms with Gasteiger partial charge in [-0.05, 0) is 22.9 Å². The van der Waals surface area contributed by atoms with Crippen LogP contribution in [0.15, 0.2) is 46.1 Å². The van der Waals surface area contributed by atoms with Crippen LogP contribution in [-0.2, 0) is 11.3 Å². The van der Waals surface area contributed by atoms with E-state index in [0.29, 0.717) is 16.0 Å². The summed E-state index contributed by atoms with van der Waals surface area (Å²) in [7, 11) is 0. The van der Waals surface area contributed by atoms with Crippen molar-refractivity contribution in [2.75, 3.05) is 5.32 Å². The molecule has 0 aliphatic rings. The van der Waals surface area contributed by atoms with Gasteiger partial charge in [0, 0.05) is 19.0 Å². The number of aryl methyl sites for hydroxylation is 1. The first-order chi connectivity index (χ1) is 12.2. The first kappa shape index (κ1) is 15.7. The lowest BCUT2D eigenvalue weighted by Gasteiger charge is -2.05. The lowest BCUT2D eigenvalue weighted by molar-refractivity contribution is -0.116. The largest absolute Gasteiger partial charge is 0.309 e. The van der Waals surface area contributed by atoms with Gasteiger partial charge in [0.2, 0.25) is 5.91 Å². The van der Waals surface area contributed by atoms with Crippen molar-refractivity contribution in [3.05, 3.63) is 51.7 Å². The number of hydrogen-bond donors (Lipinski definition) is 2. The quantitative estimate of drug-likeness (QED) is 0.564. The summed E-state index contributed by atoms with van der Waals surface area (Å²) in [6.45, 7) is 0.270. The summed E-state index contributed by atoms with van der Waals surface area (Å²) in [4.78, 5) is 30.4. The Morgan fingerprint density at radius 2 is 2.20 bits per heavy atom. The van der Waals surface area contributed by atoms with Crippen LogP contribution in [0.3, 0.4) is 0 Å². The van der Waals surface area contributed by atoms with E-state index in [4.69, 9.17) is 0 Å². The van der Waals surface area contributed by atoms with Gasteiger partial charge in [-0.2, -0.15) is 5.10 Å². The van der Waals surface area contributed by atoms with Crippen molar-refractivity contribution in [1.29, 1.82) is 0 Å². The third-order valence-electron chi connectivity index (χ3n) is 3.66. The second-order valence-corrected chi connectivity index (χ2v) is 7.17. The number of thiophene rings is 2. The van der Waals surface area contributed by atoms with Gasteiger partial charge in [-0.1, -0.05) is 6.07 Å². The molecule has 4 rings (SSSR count). The zero-order valence-corrected chi connectivity index (χ0v) is 14.6. The highest BCUT2D eigenvalue weighted by Crippen LogP contribution is 2.24. The monoisotopic (exact) mass is 371 g/mol. The minimum absolute atomic E-state index is 0.126. The van der Waals surface area contributed by atoms with Gasteiger partial charge in [0.1, 0.15) is 4.83 Å². The Morgan fingerprint density at radius 3 is 3.04 bits per heavy atom. The maximum atomic E-state index is 12.3. The van der Waals surface area contributed by atoms with E-state index in [1.165, 1.54) is 22.2 Å². The molecule has 1 amide bonds. The fourth-order valence-electron chi connectivity index (χ4n) is 2.42. The highest BCUT2D eigenvalue weighted by atomic mass is 32.1. The number of anilines is 1. The summed E-state index contributed by atoms with van der Waals surface area (Å²) in [5.41, 5.74) is 0.729. The summed E-state index contributed by atoms with van der Waals surface area (Å²) >= 11 is 3.01. The third-order valence-corrected chi connectivity index (χ3v) is 5.39. The van der Waals surface area contributed by atoms with Crippen LogP contribution in [0.5, 0.6) is 0 Å². The van der Waals surface area contributed by atoms with E-state index in [9.17, 15) is 9.59 Å². The van der Waals surface area contributed by atoms with Crippen molar-refractivity contribution < 1.29 is 4.79 Å².